The highest BCUT2D eigenvalue weighted by atomic mass is 16.6. The van der Waals surface area contributed by atoms with Crippen LogP contribution < -0.4 is 9.64 Å². The Morgan fingerprint density at radius 1 is 0.867 bits per heavy atom. The van der Waals surface area contributed by atoms with Gasteiger partial charge in [0.05, 0.1) is 0 Å². The number of ether oxygens (including phenoxy) is 2. The molecule has 0 spiro atoms. The van der Waals surface area contributed by atoms with E-state index in [0.717, 1.165) is 29.8 Å². The Kier molecular flexibility index (Phi) is 6.09. The van der Waals surface area contributed by atoms with Crippen molar-refractivity contribution in [3.05, 3.63) is 96.1 Å². The van der Waals surface area contributed by atoms with E-state index in [-0.39, 0.29) is 12.5 Å². The first-order valence-electron chi connectivity index (χ1n) is 10.0. The topological polar surface area (TPSA) is 55.8 Å². The van der Waals surface area contributed by atoms with E-state index in [9.17, 15) is 9.59 Å². The molecule has 0 aromatic heterocycles. The van der Waals surface area contributed by atoms with Gasteiger partial charge in [-0.25, -0.2) is 4.79 Å². The molecular weight excluding hydrogens is 378 g/mol. The predicted octanol–water partition coefficient (Wildman–Crippen LogP) is 4.53. The van der Waals surface area contributed by atoms with E-state index in [4.69, 9.17) is 9.47 Å². The van der Waals surface area contributed by atoms with Crippen molar-refractivity contribution in [2.75, 3.05) is 18.1 Å². The Morgan fingerprint density at radius 3 is 2.00 bits per heavy atom. The van der Waals surface area contributed by atoms with Crippen molar-refractivity contribution in [3.63, 3.8) is 0 Å². The van der Waals surface area contributed by atoms with Crippen molar-refractivity contribution < 1.29 is 19.1 Å². The zero-order valence-corrected chi connectivity index (χ0v) is 16.6. The van der Waals surface area contributed by atoms with Crippen LogP contribution in [0.4, 0.5) is 5.69 Å². The summed E-state index contributed by atoms with van der Waals surface area (Å²) in [4.78, 5) is 26.1. The molecule has 1 aliphatic heterocycles. The molecule has 0 bridgehead atoms. The van der Waals surface area contributed by atoms with Crippen molar-refractivity contribution in [2.24, 2.45) is 0 Å². The van der Waals surface area contributed by atoms with Crippen molar-refractivity contribution in [1.82, 2.24) is 0 Å². The maximum absolute atomic E-state index is 12.5. The summed E-state index contributed by atoms with van der Waals surface area (Å²) in [5, 5.41) is 0. The molecule has 4 rings (SSSR count). The van der Waals surface area contributed by atoms with Gasteiger partial charge in [-0.05, 0) is 41.8 Å². The molecule has 5 heteroatoms. The lowest BCUT2D eigenvalue weighted by Crippen LogP contribution is -2.23. The number of anilines is 1. The van der Waals surface area contributed by atoms with Gasteiger partial charge in [-0.15, -0.1) is 0 Å². The van der Waals surface area contributed by atoms with Gasteiger partial charge in [0.2, 0.25) is 5.91 Å². The number of hydrogen-bond donors (Lipinski definition) is 0. The summed E-state index contributed by atoms with van der Waals surface area (Å²) >= 11 is 0. The fraction of sp³-hybridized carbons (Fsp3) is 0.200. The quantitative estimate of drug-likeness (QED) is 0.546. The Morgan fingerprint density at radius 2 is 1.47 bits per heavy atom. The number of esters is 1. The Labute approximate surface area is 175 Å². The molecule has 0 saturated carbocycles. The second-order valence-electron chi connectivity index (χ2n) is 7.12. The molecule has 3 aromatic carbocycles. The number of rotatable bonds is 7. The third kappa shape index (κ3) is 4.69. The summed E-state index contributed by atoms with van der Waals surface area (Å²) < 4.78 is 11.4. The van der Waals surface area contributed by atoms with Crippen molar-refractivity contribution in [1.29, 1.82) is 0 Å². The van der Waals surface area contributed by atoms with Crippen LogP contribution in [0.1, 0.15) is 30.1 Å². The fourth-order valence-corrected chi connectivity index (χ4v) is 3.54. The standard InChI is InChI=1S/C25H23NO4/c27-23-12-7-17-26(23)21-13-15-22(16-14-21)29-18-24(28)30-25(19-8-3-1-4-9-19)20-10-5-2-6-11-20/h1-6,8-11,13-16,25H,7,12,17-18H2. The van der Waals surface area contributed by atoms with Crippen LogP contribution in [-0.2, 0) is 14.3 Å². The predicted molar refractivity (Wildman–Crippen MR) is 114 cm³/mol. The van der Waals surface area contributed by atoms with E-state index in [0.29, 0.717) is 12.2 Å². The molecule has 1 aliphatic rings. The van der Waals surface area contributed by atoms with Crippen LogP contribution in [0, 0.1) is 0 Å². The van der Waals surface area contributed by atoms with Gasteiger partial charge in [0.25, 0.3) is 0 Å². The van der Waals surface area contributed by atoms with Gasteiger partial charge < -0.3 is 14.4 Å². The minimum Gasteiger partial charge on any atom is -0.482 e. The average molecular weight is 401 g/mol. The zero-order chi connectivity index (χ0) is 20.8. The van der Waals surface area contributed by atoms with E-state index in [1.54, 1.807) is 17.0 Å². The lowest BCUT2D eigenvalue weighted by atomic mass is 10.0. The number of nitrogens with zero attached hydrogens (tertiary/aromatic N) is 1. The van der Waals surface area contributed by atoms with Crippen molar-refractivity contribution in [3.8, 4) is 5.75 Å². The number of amides is 1. The van der Waals surface area contributed by atoms with Crippen molar-refractivity contribution >= 4 is 17.6 Å². The summed E-state index contributed by atoms with van der Waals surface area (Å²) in [5.74, 6) is 0.241. The molecule has 0 N–H and O–H groups in total. The minimum atomic E-state index is -0.493. The molecule has 3 aromatic rings. The number of carbonyl (C=O) groups is 2. The Balaban J connectivity index is 1.39. The molecule has 30 heavy (non-hydrogen) atoms. The van der Waals surface area contributed by atoms with E-state index >= 15 is 0 Å². The van der Waals surface area contributed by atoms with Crippen LogP contribution in [0.2, 0.25) is 0 Å². The summed E-state index contributed by atoms with van der Waals surface area (Å²) in [7, 11) is 0. The van der Waals surface area contributed by atoms with Crippen LogP contribution in [0.15, 0.2) is 84.9 Å². The monoisotopic (exact) mass is 401 g/mol. The third-order valence-electron chi connectivity index (χ3n) is 5.03. The minimum absolute atomic E-state index is 0.139. The highest BCUT2D eigenvalue weighted by Crippen LogP contribution is 2.27. The first kappa shape index (κ1) is 19.7. The van der Waals surface area contributed by atoms with Gasteiger partial charge in [-0.1, -0.05) is 60.7 Å². The summed E-state index contributed by atoms with van der Waals surface area (Å²) in [6, 6.07) is 26.5. The highest BCUT2D eigenvalue weighted by molar-refractivity contribution is 5.95. The summed E-state index contributed by atoms with van der Waals surface area (Å²) in [6.45, 7) is 0.546. The maximum Gasteiger partial charge on any atom is 0.345 e. The lowest BCUT2D eigenvalue weighted by Gasteiger charge is -2.19. The molecule has 1 fully saturated rings. The average Bonchev–Trinajstić information content (AvgIpc) is 3.23. The number of hydrogen-bond acceptors (Lipinski definition) is 4. The van der Waals surface area contributed by atoms with Gasteiger partial charge in [0.1, 0.15) is 5.75 Å². The van der Waals surface area contributed by atoms with Gasteiger partial charge in [-0.2, -0.15) is 0 Å². The highest BCUT2D eigenvalue weighted by Gasteiger charge is 2.22. The van der Waals surface area contributed by atoms with Crippen LogP contribution in [0.3, 0.4) is 0 Å². The largest absolute Gasteiger partial charge is 0.482 e. The molecular formula is C25H23NO4. The van der Waals surface area contributed by atoms with Gasteiger partial charge >= 0.3 is 5.97 Å². The van der Waals surface area contributed by atoms with Gasteiger partial charge in [0, 0.05) is 18.7 Å². The van der Waals surface area contributed by atoms with E-state index in [2.05, 4.69) is 0 Å². The second kappa shape index (κ2) is 9.27. The number of carbonyl (C=O) groups excluding carboxylic acids is 2. The molecule has 1 amide bonds. The third-order valence-corrected chi connectivity index (χ3v) is 5.03. The number of benzene rings is 3. The van der Waals surface area contributed by atoms with Crippen molar-refractivity contribution in [2.45, 2.75) is 18.9 Å². The summed E-state index contributed by atoms with van der Waals surface area (Å²) in [6.07, 6.45) is 0.980. The Bertz CT molecular complexity index is 947. The SMILES string of the molecule is O=C(COc1ccc(N2CCCC2=O)cc1)OC(c1ccccc1)c1ccccc1. The molecule has 0 aliphatic carbocycles. The first-order chi connectivity index (χ1) is 14.7. The van der Waals surface area contributed by atoms with E-state index < -0.39 is 12.1 Å². The molecule has 5 nitrogen and oxygen atoms in total. The Hall–Kier alpha value is -3.60. The van der Waals surface area contributed by atoms with Crippen LogP contribution in [0.25, 0.3) is 0 Å². The molecule has 152 valence electrons. The molecule has 1 heterocycles. The lowest BCUT2D eigenvalue weighted by molar-refractivity contribution is -0.150. The normalized spacial score (nSPS) is 13.5. The van der Waals surface area contributed by atoms with E-state index in [1.165, 1.54) is 0 Å². The summed E-state index contributed by atoms with van der Waals surface area (Å²) in [5.41, 5.74) is 2.65. The zero-order valence-electron chi connectivity index (χ0n) is 16.6. The fourth-order valence-electron chi connectivity index (χ4n) is 3.54. The molecule has 1 saturated heterocycles. The van der Waals surface area contributed by atoms with Crippen LogP contribution >= 0.6 is 0 Å². The van der Waals surface area contributed by atoms with Crippen LogP contribution in [-0.4, -0.2) is 25.0 Å². The smallest absolute Gasteiger partial charge is 0.345 e. The molecule has 0 atom stereocenters. The van der Waals surface area contributed by atoms with E-state index in [1.807, 2.05) is 72.8 Å². The van der Waals surface area contributed by atoms with Crippen LogP contribution in [0.5, 0.6) is 5.75 Å². The van der Waals surface area contributed by atoms with Gasteiger partial charge in [0.15, 0.2) is 12.7 Å². The van der Waals surface area contributed by atoms with Gasteiger partial charge in [-0.3, -0.25) is 4.79 Å². The maximum atomic E-state index is 12.5. The molecule has 0 radical (unpaired) electrons. The first-order valence-corrected chi connectivity index (χ1v) is 10.0. The molecule has 0 unspecified atom stereocenters. The second-order valence-corrected chi connectivity index (χ2v) is 7.12.